The molecule has 0 saturated heterocycles. The van der Waals surface area contributed by atoms with Crippen LogP contribution in [0.2, 0.25) is 0 Å². The van der Waals surface area contributed by atoms with Crippen molar-refractivity contribution >= 4 is 73.5 Å². The molecular formula is C67H78Br2F6N10O10. The summed E-state index contributed by atoms with van der Waals surface area (Å²) in [7, 11) is 2.79. The molecule has 5 heterocycles. The average molecular weight is 1460 g/mol. The minimum Gasteiger partial charge on any atom is -0.480 e. The molecule has 2 aromatic carbocycles. The standard InChI is InChI=1S/C30H27F3N4O2.C10H14N2O2.C9H12N2O2.C7H10N2.C4H8O2.C4H6O.C3HBr2F3O/c1-17-15-37(30(36-17)19-4-5-19)16-24(38)12-21(9-18-10-22(31)14-23(32)11-18)28-25(3-2-8-35-28)20-6-7-27(33)26(13-20)29(34)39;1-7-5-12(6-9(13)14-2)10(11-7)8-3-4-8;1-6-4-11(5-8(12)13)9(10-6)7-2-3-7;1-5-4-8-7(9-5)6-2-3-6;1-3-4(5)6-2;5-3-4-1-2-4;4-2(5)1(9)3(6,7)8/h2-3,6-8,10-11,13-15,19,21H,4-5,9,12,16H2,1H3,(H2,34,39);5,8H,3-4,6H2,1-2H3;4,7H,2-3,5H2,1H3,(H,12,13);4,6H,2-3H2,1H3,(H,8,9);3H2,1-2H3;3-4H,1-2H2;2H/t21-;;;;;;/m1....../s1. The number of alkyl halides is 5. The normalized spacial score (nSPS) is 14.7. The number of ketones is 2. The van der Waals surface area contributed by atoms with Crippen molar-refractivity contribution in [2.75, 3.05) is 14.2 Å². The SMILES string of the molecule is CCC(=O)OC.COC(=O)Cn1cc(C)nc1C1CC1.Cc1cn(CC(=O)C[C@@H](Cc2cc(F)cc(F)c2)c2ncccc2-c2ccc(F)c(C(N)=O)c2)c(C2CC2)n1.Cc1cn(CC(=O)O)c(C2CC2)n1.Cc1cnc(C2CC2)[nH]1.O=C(C(Br)Br)C(F)(F)F.O=CC1CC1. The van der Waals surface area contributed by atoms with Gasteiger partial charge in [-0.3, -0.25) is 33.8 Å². The van der Waals surface area contributed by atoms with E-state index < -0.39 is 50.9 Å². The highest BCUT2D eigenvalue weighted by atomic mass is 79.9. The number of pyridine rings is 1. The first-order valence-corrected chi connectivity index (χ1v) is 32.7. The number of Topliss-reactive ketones (excluding diaryl/α,β-unsaturated/α-hetero) is 2. The Morgan fingerprint density at radius 1 is 0.705 bits per heavy atom. The summed E-state index contributed by atoms with van der Waals surface area (Å²) < 4.78 is 89.3. The number of imidazole rings is 4. The molecule has 0 spiro atoms. The predicted molar refractivity (Wildman–Crippen MR) is 346 cm³/mol. The number of H-pyrrole nitrogens is 1. The zero-order valence-corrected chi connectivity index (χ0v) is 56.9. The zero-order chi connectivity index (χ0) is 69.8. The smallest absolute Gasteiger partial charge is 0.452 e. The third kappa shape index (κ3) is 25.5. The number of aromatic nitrogens is 9. The number of carbonyl (C=O) groups is 7. The number of amides is 1. The molecule has 0 unspecified atom stereocenters. The molecule has 7 aromatic rings. The summed E-state index contributed by atoms with van der Waals surface area (Å²) in [6.07, 6.45) is 17.6. The number of aryl methyl sites for hydroxylation is 4. The van der Waals surface area contributed by atoms with E-state index in [-0.39, 0.29) is 55.8 Å². The number of methoxy groups -OCH3 is 2. The second-order valence-electron chi connectivity index (χ2n) is 23.6. The molecule has 5 saturated carbocycles. The first-order valence-electron chi connectivity index (χ1n) is 30.8. The maximum absolute atomic E-state index is 14.2. The number of aldehydes is 1. The van der Waals surface area contributed by atoms with E-state index in [1.807, 2.05) is 61.6 Å². The van der Waals surface area contributed by atoms with Gasteiger partial charge in [0, 0.05) is 96.7 Å². The van der Waals surface area contributed by atoms with Crippen molar-refractivity contribution in [3.05, 3.63) is 160 Å². The number of nitrogens with zero attached hydrogens (tertiary/aromatic N) is 8. The van der Waals surface area contributed by atoms with E-state index in [9.17, 15) is 59.9 Å². The number of halogens is 8. The number of carboxylic acid groups (broad SMARTS) is 1. The first kappa shape index (κ1) is 75.9. The van der Waals surface area contributed by atoms with Crippen LogP contribution in [-0.2, 0) is 64.3 Å². The van der Waals surface area contributed by atoms with Crippen LogP contribution in [0.3, 0.4) is 0 Å². The van der Waals surface area contributed by atoms with Crippen molar-refractivity contribution in [2.45, 2.75) is 177 Å². The highest BCUT2D eigenvalue weighted by molar-refractivity contribution is 9.25. The molecule has 5 aromatic heterocycles. The van der Waals surface area contributed by atoms with Gasteiger partial charge in [0.05, 0.1) is 49.1 Å². The van der Waals surface area contributed by atoms with Gasteiger partial charge >= 0.3 is 24.1 Å². The minimum atomic E-state index is -4.75. The average Bonchev–Trinajstić information content (AvgIpc) is 1.74. The van der Waals surface area contributed by atoms with Crippen LogP contribution in [0.25, 0.3) is 11.1 Å². The van der Waals surface area contributed by atoms with E-state index in [0.717, 1.165) is 97.4 Å². The fourth-order valence-electron chi connectivity index (χ4n) is 9.60. The van der Waals surface area contributed by atoms with Crippen molar-refractivity contribution < 1.29 is 74.5 Å². The summed E-state index contributed by atoms with van der Waals surface area (Å²) in [6, 6.07) is 10.7. The van der Waals surface area contributed by atoms with E-state index in [4.69, 9.17) is 10.8 Å². The predicted octanol–water partition coefficient (Wildman–Crippen LogP) is 13.0. The number of primary amides is 1. The van der Waals surface area contributed by atoms with Gasteiger partial charge in [0.25, 0.3) is 11.7 Å². The molecule has 512 valence electrons. The largest absolute Gasteiger partial charge is 0.480 e. The molecule has 0 aliphatic heterocycles. The number of aromatic amines is 1. The van der Waals surface area contributed by atoms with Gasteiger partial charge in [0.1, 0.15) is 63.9 Å². The summed E-state index contributed by atoms with van der Waals surface area (Å²) in [5.74, 6) is -0.0593. The van der Waals surface area contributed by atoms with Crippen LogP contribution in [0.5, 0.6) is 0 Å². The molecular weight excluding hydrogens is 1380 g/mol. The third-order valence-corrected chi connectivity index (χ3v) is 15.8. The number of carboxylic acids is 1. The summed E-state index contributed by atoms with van der Waals surface area (Å²) in [4.78, 5) is 102. The van der Waals surface area contributed by atoms with Crippen molar-refractivity contribution in [1.82, 2.24) is 43.6 Å². The lowest BCUT2D eigenvalue weighted by Gasteiger charge is -2.20. The lowest BCUT2D eigenvalue weighted by molar-refractivity contribution is -0.168. The maximum Gasteiger partial charge on any atom is 0.452 e. The zero-order valence-electron chi connectivity index (χ0n) is 53.7. The Bertz CT molecular complexity index is 3750. The molecule has 0 radical (unpaired) electrons. The van der Waals surface area contributed by atoms with Crippen LogP contribution < -0.4 is 5.73 Å². The van der Waals surface area contributed by atoms with Gasteiger partial charge in [-0.15, -0.1) is 0 Å². The molecule has 1 atom stereocenters. The van der Waals surface area contributed by atoms with E-state index >= 15 is 0 Å². The van der Waals surface area contributed by atoms with Gasteiger partial charge in [-0.2, -0.15) is 13.2 Å². The van der Waals surface area contributed by atoms with Gasteiger partial charge in [-0.1, -0.05) is 50.9 Å². The van der Waals surface area contributed by atoms with Crippen LogP contribution in [0.1, 0.15) is 181 Å². The molecule has 5 aliphatic rings. The number of nitrogens with one attached hydrogen (secondary N) is 1. The van der Waals surface area contributed by atoms with E-state index in [1.54, 1.807) is 29.8 Å². The number of esters is 2. The number of aliphatic carboxylic acids is 1. The van der Waals surface area contributed by atoms with Gasteiger partial charge in [0.2, 0.25) is 0 Å². The molecule has 95 heavy (non-hydrogen) atoms. The summed E-state index contributed by atoms with van der Waals surface area (Å²) in [5.41, 5.74) is 10.9. The Morgan fingerprint density at radius 2 is 1.21 bits per heavy atom. The molecule has 12 rings (SSSR count). The number of carbonyl (C=O) groups excluding carboxylic acids is 6. The Morgan fingerprint density at radius 3 is 1.59 bits per heavy atom. The fraction of sp³-hybridized carbons (Fsp3) is 0.463. The molecule has 28 heteroatoms. The number of hydrogen-bond donors (Lipinski definition) is 3. The molecule has 4 N–H and O–H groups in total. The van der Waals surface area contributed by atoms with Gasteiger partial charge in [-0.05, 0) is 140 Å². The quantitative estimate of drug-likeness (QED) is 0.0277. The monoisotopic (exact) mass is 1450 g/mol. The van der Waals surface area contributed by atoms with Crippen LogP contribution in [0.4, 0.5) is 26.3 Å². The van der Waals surface area contributed by atoms with Crippen LogP contribution in [0, 0.1) is 51.1 Å². The highest BCUT2D eigenvalue weighted by Gasteiger charge is 2.41. The number of ether oxygens (including phenoxy) is 2. The van der Waals surface area contributed by atoms with Crippen molar-refractivity contribution in [3.8, 4) is 11.1 Å². The second kappa shape index (κ2) is 35.6. The van der Waals surface area contributed by atoms with Crippen LogP contribution >= 0.6 is 31.9 Å². The van der Waals surface area contributed by atoms with Gasteiger partial charge in [-0.25, -0.2) is 33.1 Å². The summed E-state index contributed by atoms with van der Waals surface area (Å²) in [6.45, 7) is 9.95. The Hall–Kier alpha value is -8.14. The van der Waals surface area contributed by atoms with Crippen LogP contribution in [0.15, 0.2) is 79.5 Å². The van der Waals surface area contributed by atoms with E-state index in [1.165, 1.54) is 75.7 Å². The lowest BCUT2D eigenvalue weighted by atomic mass is 9.86. The maximum atomic E-state index is 14.2. The molecule has 20 nitrogen and oxygen atoms in total. The Kier molecular flexibility index (Phi) is 28.4. The van der Waals surface area contributed by atoms with E-state index in [2.05, 4.69) is 71.2 Å². The third-order valence-electron chi connectivity index (χ3n) is 14.9. The Labute approximate surface area is 562 Å². The van der Waals surface area contributed by atoms with Crippen molar-refractivity contribution in [2.24, 2.45) is 11.7 Å². The first-order chi connectivity index (χ1) is 45.0. The van der Waals surface area contributed by atoms with Gasteiger partial charge < -0.3 is 43.8 Å². The summed E-state index contributed by atoms with van der Waals surface area (Å²) in [5, 5.41) is 8.65. The molecule has 5 fully saturated rings. The number of nitrogens with two attached hydrogens (primary N) is 1. The molecule has 0 bridgehead atoms. The van der Waals surface area contributed by atoms with Crippen LogP contribution in [-0.4, -0.2) is 115 Å². The minimum absolute atomic E-state index is 0.0344. The Balaban J connectivity index is 0.000000206. The van der Waals surface area contributed by atoms with Crippen molar-refractivity contribution in [1.29, 1.82) is 0 Å². The number of rotatable bonds is 20. The molecule has 5 aliphatic carbocycles. The van der Waals surface area contributed by atoms with Crippen molar-refractivity contribution in [3.63, 3.8) is 0 Å². The number of benzene rings is 2. The summed E-state index contributed by atoms with van der Waals surface area (Å²) >= 11 is 4.85. The number of hydrogen-bond acceptors (Lipinski definition) is 14. The van der Waals surface area contributed by atoms with Gasteiger partial charge in [0.15, 0.2) is 5.78 Å². The molecule has 1 amide bonds. The fourth-order valence-corrected chi connectivity index (χ4v) is 10.1. The topological polar surface area (TPSA) is 279 Å². The lowest BCUT2D eigenvalue weighted by Crippen LogP contribution is -2.27. The van der Waals surface area contributed by atoms with E-state index in [0.29, 0.717) is 52.5 Å². The highest BCUT2D eigenvalue weighted by Crippen LogP contribution is 2.42. The second-order valence-corrected chi connectivity index (χ2v) is 26.7.